The zero-order chi connectivity index (χ0) is 27.6. The van der Waals surface area contributed by atoms with Crippen molar-refractivity contribution < 1.29 is 14.3 Å². The summed E-state index contributed by atoms with van der Waals surface area (Å²) < 4.78 is 11.5. The Balaban J connectivity index is 1.19. The number of benzene rings is 3. The topological polar surface area (TPSA) is 97.1 Å². The van der Waals surface area contributed by atoms with Crippen LogP contribution < -0.4 is 20.1 Å². The van der Waals surface area contributed by atoms with Gasteiger partial charge in [0.2, 0.25) is 5.95 Å². The Bertz CT molecular complexity index is 1550. The van der Waals surface area contributed by atoms with Gasteiger partial charge in [-0.15, -0.1) is 0 Å². The van der Waals surface area contributed by atoms with Crippen LogP contribution in [0.15, 0.2) is 60.7 Å². The molecule has 0 bridgehead atoms. The predicted octanol–water partition coefficient (Wildman–Crippen LogP) is 3.75. The number of nitrogens with zero attached hydrogens (tertiary/aromatic N) is 5. The minimum Gasteiger partial charge on any atom is -0.497 e. The molecule has 2 aliphatic rings. The average molecular weight is 539 g/mol. The van der Waals surface area contributed by atoms with E-state index in [4.69, 9.17) is 15.2 Å². The number of nitrogen functional groups attached to an aromatic ring is 1. The molecule has 3 heterocycles. The summed E-state index contributed by atoms with van der Waals surface area (Å²) in [5.74, 6) is 2.71. The van der Waals surface area contributed by atoms with E-state index in [9.17, 15) is 4.79 Å². The molecule has 0 aliphatic carbocycles. The fourth-order valence-electron chi connectivity index (χ4n) is 5.51. The normalized spacial score (nSPS) is 15.7. The van der Waals surface area contributed by atoms with Crippen LogP contribution in [0.3, 0.4) is 0 Å². The zero-order valence-corrected chi connectivity index (χ0v) is 23.0. The third-order valence-electron chi connectivity index (χ3n) is 7.78. The molecule has 3 aromatic carbocycles. The van der Waals surface area contributed by atoms with Crippen LogP contribution in [-0.4, -0.2) is 72.6 Å². The Labute approximate surface area is 234 Å². The van der Waals surface area contributed by atoms with Crippen LogP contribution in [0, 0.1) is 0 Å². The van der Waals surface area contributed by atoms with Gasteiger partial charge in [-0.25, -0.2) is 4.98 Å². The van der Waals surface area contributed by atoms with Crippen LogP contribution in [0.2, 0.25) is 0 Å². The van der Waals surface area contributed by atoms with Crippen molar-refractivity contribution in [2.24, 2.45) is 0 Å². The molecule has 1 aromatic heterocycles. The second-order valence-corrected chi connectivity index (χ2v) is 10.4. The largest absolute Gasteiger partial charge is 0.497 e. The molecule has 1 saturated heterocycles. The standard InChI is InChI=1S/C31H34N6O3/c1-35-13-15-36(16-14-35)29-26-10-9-22(18-27(26)33-31(32)34-29)30(38)37-12-11-25-23(19-37)6-4-8-28(25)40-20-21-5-3-7-24(17-21)39-2/h3-10,17-18H,11-16,19-20H2,1-2H3,(H2,32,33,34). The molecule has 9 heteroatoms. The van der Waals surface area contributed by atoms with Gasteiger partial charge in [-0.05, 0) is 61.0 Å². The number of nitrogens with two attached hydrogens (primary N) is 1. The zero-order valence-electron chi connectivity index (χ0n) is 23.0. The number of fused-ring (bicyclic) bond motifs is 2. The van der Waals surface area contributed by atoms with Crippen LogP contribution in [0.5, 0.6) is 11.5 Å². The third kappa shape index (κ3) is 5.24. The summed E-state index contributed by atoms with van der Waals surface area (Å²) in [6, 6.07) is 19.6. The van der Waals surface area contributed by atoms with Crippen molar-refractivity contribution in [3.63, 3.8) is 0 Å². The van der Waals surface area contributed by atoms with Gasteiger partial charge in [0.15, 0.2) is 0 Å². The van der Waals surface area contributed by atoms with E-state index >= 15 is 0 Å². The number of amides is 1. The fourth-order valence-corrected chi connectivity index (χ4v) is 5.51. The highest BCUT2D eigenvalue weighted by Crippen LogP contribution is 2.31. The van der Waals surface area contributed by atoms with Crippen LogP contribution in [0.4, 0.5) is 11.8 Å². The lowest BCUT2D eigenvalue weighted by molar-refractivity contribution is 0.0733. The molecule has 2 aliphatic heterocycles. The van der Waals surface area contributed by atoms with Crippen molar-refractivity contribution >= 4 is 28.6 Å². The van der Waals surface area contributed by atoms with Gasteiger partial charge in [0.05, 0.1) is 12.6 Å². The predicted molar refractivity (Wildman–Crippen MR) is 156 cm³/mol. The number of rotatable bonds is 6. The van der Waals surface area contributed by atoms with Gasteiger partial charge >= 0.3 is 0 Å². The number of carbonyl (C=O) groups is 1. The summed E-state index contributed by atoms with van der Waals surface area (Å²) in [4.78, 5) is 29.1. The molecule has 9 nitrogen and oxygen atoms in total. The van der Waals surface area contributed by atoms with E-state index in [-0.39, 0.29) is 11.9 Å². The van der Waals surface area contributed by atoms with Crippen molar-refractivity contribution in [2.75, 3.05) is 57.5 Å². The second-order valence-electron chi connectivity index (χ2n) is 10.4. The lowest BCUT2D eigenvalue weighted by Gasteiger charge is -2.33. The van der Waals surface area contributed by atoms with E-state index in [0.29, 0.717) is 30.8 Å². The van der Waals surface area contributed by atoms with E-state index < -0.39 is 0 Å². The van der Waals surface area contributed by atoms with Crippen molar-refractivity contribution in [3.05, 3.63) is 82.9 Å². The minimum absolute atomic E-state index is 0.0198. The van der Waals surface area contributed by atoms with Crippen molar-refractivity contribution in [1.29, 1.82) is 0 Å². The molecule has 2 N–H and O–H groups in total. The number of carbonyl (C=O) groups excluding carboxylic acids is 1. The molecule has 0 radical (unpaired) electrons. The SMILES string of the molecule is COc1cccc(COc2cccc3c2CCN(C(=O)c2ccc4c(N5CCN(C)CC5)nc(N)nc4c2)C3)c1. The first-order chi connectivity index (χ1) is 19.5. The number of likely N-dealkylation sites (N-methyl/N-ethyl adjacent to an activating group) is 1. The maximum absolute atomic E-state index is 13.6. The van der Waals surface area contributed by atoms with Gasteiger partial charge in [0, 0.05) is 55.8 Å². The van der Waals surface area contributed by atoms with Gasteiger partial charge in [0.1, 0.15) is 23.9 Å². The fraction of sp³-hybridized carbons (Fsp3) is 0.323. The molecule has 0 atom stereocenters. The van der Waals surface area contributed by atoms with E-state index in [0.717, 1.165) is 72.0 Å². The highest BCUT2D eigenvalue weighted by atomic mass is 16.5. The number of piperazine rings is 1. The van der Waals surface area contributed by atoms with E-state index in [1.165, 1.54) is 0 Å². The highest BCUT2D eigenvalue weighted by molar-refractivity contribution is 6.00. The van der Waals surface area contributed by atoms with Gasteiger partial charge in [-0.2, -0.15) is 4.98 Å². The lowest BCUT2D eigenvalue weighted by Crippen LogP contribution is -2.45. The van der Waals surface area contributed by atoms with E-state index in [1.54, 1.807) is 7.11 Å². The number of hydrogen-bond acceptors (Lipinski definition) is 8. The number of aromatic nitrogens is 2. The van der Waals surface area contributed by atoms with E-state index in [2.05, 4.69) is 32.9 Å². The summed E-state index contributed by atoms with van der Waals surface area (Å²) in [6.07, 6.45) is 0.728. The number of ether oxygens (including phenoxy) is 2. The summed E-state index contributed by atoms with van der Waals surface area (Å²) in [5.41, 5.74) is 10.7. The first-order valence-corrected chi connectivity index (χ1v) is 13.6. The first kappa shape index (κ1) is 25.9. The molecule has 0 unspecified atom stereocenters. The Hall–Kier alpha value is -4.37. The second kappa shape index (κ2) is 11.0. The Morgan fingerprint density at radius 1 is 0.975 bits per heavy atom. The van der Waals surface area contributed by atoms with Crippen LogP contribution in [-0.2, 0) is 19.6 Å². The van der Waals surface area contributed by atoms with Crippen molar-refractivity contribution in [3.8, 4) is 11.5 Å². The molecule has 1 amide bonds. The van der Waals surface area contributed by atoms with Crippen molar-refractivity contribution in [1.82, 2.24) is 19.8 Å². The molecular formula is C31H34N6O3. The van der Waals surface area contributed by atoms with Crippen LogP contribution >= 0.6 is 0 Å². The number of methoxy groups -OCH3 is 1. The first-order valence-electron chi connectivity index (χ1n) is 13.6. The molecule has 0 saturated carbocycles. The Kier molecular flexibility index (Phi) is 7.13. The summed E-state index contributed by atoms with van der Waals surface area (Å²) in [5, 5.41) is 0.914. The summed E-state index contributed by atoms with van der Waals surface area (Å²) in [6.45, 7) is 5.28. The molecular weight excluding hydrogens is 504 g/mol. The average Bonchev–Trinajstić information content (AvgIpc) is 2.99. The maximum atomic E-state index is 13.6. The minimum atomic E-state index is -0.0198. The van der Waals surface area contributed by atoms with Crippen LogP contribution in [0.25, 0.3) is 10.9 Å². The van der Waals surface area contributed by atoms with Gasteiger partial charge in [-0.1, -0.05) is 24.3 Å². The van der Waals surface area contributed by atoms with E-state index in [1.807, 2.05) is 59.5 Å². The summed E-state index contributed by atoms with van der Waals surface area (Å²) in [7, 11) is 3.78. The molecule has 4 aromatic rings. The van der Waals surface area contributed by atoms with Gasteiger partial charge < -0.3 is 29.9 Å². The van der Waals surface area contributed by atoms with Gasteiger partial charge in [-0.3, -0.25) is 4.79 Å². The molecule has 206 valence electrons. The number of anilines is 2. The monoisotopic (exact) mass is 538 g/mol. The van der Waals surface area contributed by atoms with Crippen LogP contribution in [0.1, 0.15) is 27.0 Å². The Morgan fingerprint density at radius 3 is 2.62 bits per heavy atom. The maximum Gasteiger partial charge on any atom is 0.254 e. The quantitative estimate of drug-likeness (QED) is 0.397. The molecule has 40 heavy (non-hydrogen) atoms. The highest BCUT2D eigenvalue weighted by Gasteiger charge is 2.25. The third-order valence-corrected chi connectivity index (χ3v) is 7.78. The Morgan fingerprint density at radius 2 is 1.80 bits per heavy atom. The number of hydrogen-bond donors (Lipinski definition) is 1. The van der Waals surface area contributed by atoms with Crippen molar-refractivity contribution in [2.45, 2.75) is 19.6 Å². The molecule has 0 spiro atoms. The molecule has 6 rings (SSSR count). The summed E-state index contributed by atoms with van der Waals surface area (Å²) >= 11 is 0. The smallest absolute Gasteiger partial charge is 0.254 e. The van der Waals surface area contributed by atoms with Gasteiger partial charge in [0.25, 0.3) is 5.91 Å². The lowest BCUT2D eigenvalue weighted by atomic mass is 9.98. The molecule has 1 fully saturated rings.